The summed E-state index contributed by atoms with van der Waals surface area (Å²) in [5.74, 6) is -1.45. The highest BCUT2D eigenvalue weighted by Gasteiger charge is 2.16. The summed E-state index contributed by atoms with van der Waals surface area (Å²) in [4.78, 5) is 29.0. The first-order valence-corrected chi connectivity index (χ1v) is 10.3. The van der Waals surface area contributed by atoms with E-state index in [9.17, 15) is 14.0 Å². The Balaban J connectivity index is 1.51. The lowest BCUT2D eigenvalue weighted by atomic mass is 10.1. The molecule has 4 rings (SSSR count). The van der Waals surface area contributed by atoms with Crippen LogP contribution in [0.3, 0.4) is 0 Å². The maximum absolute atomic E-state index is 13.8. The van der Waals surface area contributed by atoms with Gasteiger partial charge in [-0.2, -0.15) is 0 Å². The summed E-state index contributed by atoms with van der Waals surface area (Å²) in [5, 5.41) is 3.21. The second-order valence-corrected chi connectivity index (χ2v) is 7.46. The number of ether oxygens (including phenoxy) is 1. The second-order valence-electron chi connectivity index (χ2n) is 6.53. The van der Waals surface area contributed by atoms with Gasteiger partial charge in [0.1, 0.15) is 11.3 Å². The number of thioether (sulfide) groups is 1. The number of hydrogen-bond acceptors (Lipinski definition) is 6. The van der Waals surface area contributed by atoms with Gasteiger partial charge in [-0.25, -0.2) is 14.2 Å². The molecule has 0 aliphatic heterocycles. The maximum atomic E-state index is 13.8. The molecule has 0 saturated carbocycles. The molecule has 8 heteroatoms. The summed E-state index contributed by atoms with van der Waals surface area (Å²) in [6, 6.07) is 18.4. The van der Waals surface area contributed by atoms with Crippen molar-refractivity contribution in [3.8, 4) is 0 Å². The van der Waals surface area contributed by atoms with E-state index in [1.54, 1.807) is 12.1 Å². The lowest BCUT2D eigenvalue weighted by molar-refractivity contribution is 0.0595. The average Bonchev–Trinajstić information content (AvgIpc) is 3.21. The van der Waals surface area contributed by atoms with E-state index in [1.807, 2.05) is 36.4 Å². The molecule has 0 atom stereocenters. The highest BCUT2D eigenvalue weighted by Crippen LogP contribution is 2.27. The van der Waals surface area contributed by atoms with Gasteiger partial charge in [0.15, 0.2) is 5.58 Å². The van der Waals surface area contributed by atoms with E-state index in [2.05, 4.69) is 15.0 Å². The number of hydrogen-bond donors (Lipinski definition) is 1. The number of anilines is 1. The Labute approximate surface area is 181 Å². The highest BCUT2D eigenvalue weighted by atomic mass is 32.2. The van der Waals surface area contributed by atoms with Crippen molar-refractivity contribution in [2.45, 2.75) is 11.0 Å². The first-order valence-electron chi connectivity index (χ1n) is 9.30. The maximum Gasteiger partial charge on any atom is 0.340 e. The molecule has 31 heavy (non-hydrogen) atoms. The van der Waals surface area contributed by atoms with E-state index in [-0.39, 0.29) is 17.2 Å². The first-order chi connectivity index (χ1) is 15.0. The predicted octanol–water partition coefficient (Wildman–Crippen LogP) is 5.30. The lowest BCUT2D eigenvalue weighted by Crippen LogP contribution is -2.15. The zero-order valence-electron chi connectivity index (χ0n) is 16.4. The topological polar surface area (TPSA) is 81.4 Å². The number of rotatable bonds is 6. The Morgan fingerprint density at radius 2 is 1.84 bits per heavy atom. The van der Waals surface area contributed by atoms with Crippen LogP contribution in [-0.2, 0) is 10.5 Å². The molecule has 4 aromatic rings. The largest absolute Gasteiger partial charge is 0.465 e. The van der Waals surface area contributed by atoms with Gasteiger partial charge in [0.2, 0.25) is 0 Å². The molecule has 0 aliphatic carbocycles. The number of halogens is 1. The van der Waals surface area contributed by atoms with E-state index in [4.69, 9.17) is 4.42 Å². The van der Waals surface area contributed by atoms with Crippen molar-refractivity contribution in [1.29, 1.82) is 0 Å². The van der Waals surface area contributed by atoms with Crippen LogP contribution in [-0.4, -0.2) is 24.0 Å². The van der Waals surface area contributed by atoms with E-state index >= 15 is 0 Å². The lowest BCUT2D eigenvalue weighted by Gasteiger charge is -2.10. The minimum absolute atomic E-state index is 0.250. The van der Waals surface area contributed by atoms with Crippen LogP contribution >= 0.6 is 11.8 Å². The summed E-state index contributed by atoms with van der Waals surface area (Å²) in [5.41, 5.74) is 2.74. The number of para-hydroxylation sites is 2. The van der Waals surface area contributed by atoms with Crippen molar-refractivity contribution in [1.82, 2.24) is 4.98 Å². The Morgan fingerprint density at radius 3 is 2.65 bits per heavy atom. The van der Waals surface area contributed by atoms with Gasteiger partial charge in [-0.05, 0) is 42.0 Å². The van der Waals surface area contributed by atoms with Gasteiger partial charge in [-0.1, -0.05) is 42.1 Å². The van der Waals surface area contributed by atoms with Crippen LogP contribution < -0.4 is 5.32 Å². The summed E-state index contributed by atoms with van der Waals surface area (Å²) in [7, 11) is 1.16. The third-order valence-corrected chi connectivity index (χ3v) is 5.39. The van der Waals surface area contributed by atoms with Gasteiger partial charge in [0.25, 0.3) is 11.1 Å². The van der Waals surface area contributed by atoms with Gasteiger partial charge in [0, 0.05) is 17.0 Å². The Hall–Kier alpha value is -3.65. The monoisotopic (exact) mass is 436 g/mol. The Kier molecular flexibility index (Phi) is 5.99. The quantitative estimate of drug-likeness (QED) is 0.326. The van der Waals surface area contributed by atoms with Gasteiger partial charge >= 0.3 is 5.97 Å². The molecule has 1 heterocycles. The summed E-state index contributed by atoms with van der Waals surface area (Å²) >= 11 is 1.38. The van der Waals surface area contributed by atoms with Crippen molar-refractivity contribution >= 4 is 40.4 Å². The van der Waals surface area contributed by atoms with Crippen LogP contribution in [0.25, 0.3) is 11.1 Å². The van der Waals surface area contributed by atoms with Gasteiger partial charge in [-0.3, -0.25) is 4.79 Å². The molecule has 0 saturated heterocycles. The minimum Gasteiger partial charge on any atom is -0.465 e. The average molecular weight is 436 g/mol. The van der Waals surface area contributed by atoms with Gasteiger partial charge < -0.3 is 14.5 Å². The third-order valence-electron chi connectivity index (χ3n) is 4.52. The van der Waals surface area contributed by atoms with E-state index in [1.165, 1.54) is 23.9 Å². The fourth-order valence-electron chi connectivity index (χ4n) is 2.99. The van der Waals surface area contributed by atoms with E-state index < -0.39 is 11.8 Å². The molecule has 0 radical (unpaired) electrons. The number of carbonyl (C=O) groups is 2. The zero-order valence-corrected chi connectivity index (χ0v) is 17.2. The number of benzene rings is 3. The normalized spacial score (nSPS) is 10.8. The highest BCUT2D eigenvalue weighted by molar-refractivity contribution is 7.98. The van der Waals surface area contributed by atoms with E-state index in [0.717, 1.165) is 24.3 Å². The number of aromatic nitrogens is 1. The number of carbonyl (C=O) groups excluding carboxylic acids is 2. The molecule has 0 bridgehead atoms. The van der Waals surface area contributed by atoms with Crippen LogP contribution in [0.15, 0.2) is 76.4 Å². The summed E-state index contributed by atoms with van der Waals surface area (Å²) in [6.07, 6.45) is 0. The number of methoxy groups -OCH3 is 1. The van der Waals surface area contributed by atoms with Crippen LogP contribution in [0.5, 0.6) is 0 Å². The second kappa shape index (κ2) is 9.01. The summed E-state index contributed by atoms with van der Waals surface area (Å²) < 4.78 is 24.1. The number of amides is 1. The SMILES string of the molecule is COC(=O)c1cc(NC(=O)c2ccccc2CSc2nc3ccccc3o2)ccc1F. The Morgan fingerprint density at radius 1 is 1.06 bits per heavy atom. The molecule has 1 N–H and O–H groups in total. The summed E-state index contributed by atoms with van der Waals surface area (Å²) in [6.45, 7) is 0. The molecular formula is C23H17FN2O4S. The smallest absolute Gasteiger partial charge is 0.340 e. The van der Waals surface area contributed by atoms with Gasteiger partial charge in [-0.15, -0.1) is 0 Å². The zero-order chi connectivity index (χ0) is 21.8. The molecule has 156 valence electrons. The van der Waals surface area contributed by atoms with Gasteiger partial charge in [0.05, 0.1) is 12.7 Å². The van der Waals surface area contributed by atoms with Crippen LogP contribution in [0, 0.1) is 5.82 Å². The van der Waals surface area contributed by atoms with Crippen LogP contribution in [0.2, 0.25) is 0 Å². The van der Waals surface area contributed by atoms with Crippen molar-refractivity contribution in [2.24, 2.45) is 0 Å². The molecule has 0 unspecified atom stereocenters. The third kappa shape index (κ3) is 4.59. The molecule has 0 spiro atoms. The predicted molar refractivity (Wildman–Crippen MR) is 116 cm³/mol. The minimum atomic E-state index is -0.816. The van der Waals surface area contributed by atoms with Crippen molar-refractivity contribution < 1.29 is 23.1 Å². The first kappa shape index (κ1) is 20.6. The number of nitrogens with one attached hydrogen (secondary N) is 1. The van der Waals surface area contributed by atoms with Crippen molar-refractivity contribution in [3.63, 3.8) is 0 Å². The number of fused-ring (bicyclic) bond motifs is 1. The number of esters is 1. The fraction of sp³-hybridized carbons (Fsp3) is 0.0870. The van der Waals surface area contributed by atoms with Crippen LogP contribution in [0.4, 0.5) is 10.1 Å². The standard InChI is InChI=1S/C23H17FN2O4S/c1-29-22(28)17-12-15(10-11-18(17)24)25-21(27)16-7-3-2-6-14(16)13-31-23-26-19-8-4-5-9-20(19)30-23/h2-12H,13H2,1H3,(H,25,27). The fourth-order valence-corrected chi connectivity index (χ4v) is 3.83. The molecule has 6 nitrogen and oxygen atoms in total. The molecule has 1 amide bonds. The Bertz CT molecular complexity index is 1240. The molecule has 1 aromatic heterocycles. The van der Waals surface area contributed by atoms with Crippen LogP contribution in [0.1, 0.15) is 26.3 Å². The van der Waals surface area contributed by atoms with Crippen molar-refractivity contribution in [2.75, 3.05) is 12.4 Å². The number of oxazole rings is 1. The molecule has 3 aromatic carbocycles. The van der Waals surface area contributed by atoms with E-state index in [0.29, 0.717) is 22.1 Å². The molecule has 0 aliphatic rings. The molecule has 0 fully saturated rings. The number of nitrogens with zero attached hydrogens (tertiary/aromatic N) is 1. The molecular weight excluding hydrogens is 419 g/mol. The van der Waals surface area contributed by atoms with Crippen molar-refractivity contribution in [3.05, 3.63) is 89.2 Å².